The van der Waals surface area contributed by atoms with Crippen molar-refractivity contribution in [1.29, 1.82) is 0 Å². The molecule has 0 bridgehead atoms. The SMILES string of the molecule is O=C(COc1ccc2cc(Br)ccc2c1Br)NNC(=O)c1cccc([N+](=O)[O-])c1. The van der Waals surface area contributed by atoms with Gasteiger partial charge in [-0.25, -0.2) is 0 Å². The summed E-state index contributed by atoms with van der Waals surface area (Å²) in [4.78, 5) is 34.2. The van der Waals surface area contributed by atoms with E-state index in [1.807, 2.05) is 24.3 Å². The molecule has 29 heavy (non-hydrogen) atoms. The van der Waals surface area contributed by atoms with E-state index in [9.17, 15) is 19.7 Å². The molecular weight excluding hydrogens is 510 g/mol. The Hall–Kier alpha value is -2.98. The highest BCUT2D eigenvalue weighted by Crippen LogP contribution is 2.34. The minimum atomic E-state index is -0.681. The van der Waals surface area contributed by atoms with Crippen molar-refractivity contribution in [2.45, 2.75) is 0 Å². The molecule has 8 nitrogen and oxygen atoms in total. The molecule has 0 atom stereocenters. The molecule has 2 N–H and O–H groups in total. The predicted molar refractivity (Wildman–Crippen MR) is 114 cm³/mol. The number of non-ortho nitro benzene ring substituents is 1. The van der Waals surface area contributed by atoms with E-state index in [0.29, 0.717) is 10.2 Å². The van der Waals surface area contributed by atoms with Crippen LogP contribution in [-0.2, 0) is 4.79 Å². The molecule has 0 saturated heterocycles. The zero-order chi connectivity index (χ0) is 21.0. The van der Waals surface area contributed by atoms with Crippen molar-refractivity contribution in [3.63, 3.8) is 0 Å². The monoisotopic (exact) mass is 521 g/mol. The number of nitrogens with one attached hydrogen (secondary N) is 2. The first kappa shape index (κ1) is 20.7. The van der Waals surface area contributed by atoms with Crippen LogP contribution in [0.2, 0.25) is 0 Å². The number of halogens is 2. The van der Waals surface area contributed by atoms with Gasteiger partial charge in [-0.1, -0.05) is 34.1 Å². The van der Waals surface area contributed by atoms with Crippen molar-refractivity contribution in [3.05, 3.63) is 79.2 Å². The van der Waals surface area contributed by atoms with Crippen LogP contribution < -0.4 is 15.6 Å². The number of carbonyl (C=O) groups excluding carboxylic acids is 2. The maximum absolute atomic E-state index is 12.0. The van der Waals surface area contributed by atoms with Crippen LogP contribution in [0.15, 0.2) is 63.5 Å². The zero-order valence-corrected chi connectivity index (χ0v) is 17.8. The number of hydrazine groups is 1. The number of carbonyl (C=O) groups is 2. The van der Waals surface area contributed by atoms with Crippen LogP contribution in [-0.4, -0.2) is 23.3 Å². The quantitative estimate of drug-likeness (QED) is 0.387. The number of nitrogens with zero attached hydrogens (tertiary/aromatic N) is 1. The molecule has 0 aliphatic rings. The van der Waals surface area contributed by atoms with Gasteiger partial charge in [0, 0.05) is 22.2 Å². The molecular formula is C19H13Br2N3O5. The van der Waals surface area contributed by atoms with Crippen molar-refractivity contribution < 1.29 is 19.2 Å². The smallest absolute Gasteiger partial charge is 0.276 e. The number of amides is 2. The van der Waals surface area contributed by atoms with Crippen LogP contribution in [0, 0.1) is 10.1 Å². The number of nitro groups is 1. The van der Waals surface area contributed by atoms with E-state index < -0.39 is 16.7 Å². The summed E-state index contributed by atoms with van der Waals surface area (Å²) < 4.78 is 7.17. The maximum Gasteiger partial charge on any atom is 0.276 e. The second kappa shape index (κ2) is 9.01. The van der Waals surface area contributed by atoms with Gasteiger partial charge in [-0.05, 0) is 51.0 Å². The molecule has 0 spiro atoms. The van der Waals surface area contributed by atoms with Gasteiger partial charge in [0.15, 0.2) is 6.61 Å². The maximum atomic E-state index is 12.0. The summed E-state index contributed by atoms with van der Waals surface area (Å²) >= 11 is 6.89. The average molecular weight is 523 g/mol. The largest absolute Gasteiger partial charge is 0.483 e. The Bertz CT molecular complexity index is 1120. The molecule has 0 unspecified atom stereocenters. The summed E-state index contributed by atoms with van der Waals surface area (Å²) in [6, 6.07) is 14.5. The van der Waals surface area contributed by atoms with Gasteiger partial charge in [-0.15, -0.1) is 0 Å². The molecule has 148 valence electrons. The number of ether oxygens (including phenoxy) is 1. The van der Waals surface area contributed by atoms with Gasteiger partial charge in [-0.3, -0.25) is 30.6 Å². The zero-order valence-electron chi connectivity index (χ0n) is 14.6. The summed E-state index contributed by atoms with van der Waals surface area (Å²) in [6.07, 6.45) is 0. The van der Waals surface area contributed by atoms with Gasteiger partial charge in [-0.2, -0.15) is 0 Å². The molecule has 2 amide bonds. The molecule has 0 radical (unpaired) electrons. The first-order valence-electron chi connectivity index (χ1n) is 8.19. The molecule has 3 rings (SSSR count). The highest BCUT2D eigenvalue weighted by molar-refractivity contribution is 9.11. The highest BCUT2D eigenvalue weighted by Gasteiger charge is 2.13. The van der Waals surface area contributed by atoms with Crippen molar-refractivity contribution in [2.24, 2.45) is 0 Å². The van der Waals surface area contributed by atoms with E-state index in [1.165, 1.54) is 18.2 Å². The summed E-state index contributed by atoms with van der Waals surface area (Å²) in [5.41, 5.74) is 4.23. The Morgan fingerprint density at radius 3 is 2.59 bits per heavy atom. The van der Waals surface area contributed by atoms with E-state index >= 15 is 0 Å². The minimum Gasteiger partial charge on any atom is -0.483 e. The third-order valence-electron chi connectivity index (χ3n) is 3.87. The lowest BCUT2D eigenvalue weighted by atomic mass is 10.1. The first-order chi connectivity index (χ1) is 13.8. The molecule has 0 heterocycles. The second-order valence-corrected chi connectivity index (χ2v) is 7.55. The third kappa shape index (κ3) is 5.09. The van der Waals surface area contributed by atoms with Crippen LogP contribution >= 0.6 is 31.9 Å². The highest BCUT2D eigenvalue weighted by atomic mass is 79.9. The fourth-order valence-corrected chi connectivity index (χ4v) is 3.48. The predicted octanol–water partition coefficient (Wildman–Crippen LogP) is 4.11. The second-order valence-electron chi connectivity index (χ2n) is 5.84. The van der Waals surface area contributed by atoms with E-state index in [1.54, 1.807) is 6.07 Å². The van der Waals surface area contributed by atoms with Gasteiger partial charge in [0.05, 0.1) is 9.40 Å². The van der Waals surface area contributed by atoms with E-state index in [0.717, 1.165) is 21.3 Å². The molecule has 0 aromatic heterocycles. The Balaban J connectivity index is 1.58. The lowest BCUT2D eigenvalue weighted by Crippen LogP contribution is -2.43. The number of rotatable bonds is 5. The lowest BCUT2D eigenvalue weighted by Gasteiger charge is -2.11. The normalized spacial score (nSPS) is 10.4. The number of fused-ring (bicyclic) bond motifs is 1. The van der Waals surface area contributed by atoms with E-state index in [2.05, 4.69) is 42.7 Å². The number of hydrogen-bond acceptors (Lipinski definition) is 5. The molecule has 0 saturated carbocycles. The van der Waals surface area contributed by atoms with Gasteiger partial charge >= 0.3 is 0 Å². The van der Waals surface area contributed by atoms with Crippen molar-refractivity contribution in [1.82, 2.24) is 10.9 Å². The number of benzene rings is 3. The summed E-state index contributed by atoms with van der Waals surface area (Å²) in [5.74, 6) is -0.800. The van der Waals surface area contributed by atoms with E-state index in [4.69, 9.17) is 4.74 Å². The molecule has 0 aliphatic heterocycles. The van der Waals surface area contributed by atoms with Crippen molar-refractivity contribution in [2.75, 3.05) is 6.61 Å². The molecule has 3 aromatic rings. The Morgan fingerprint density at radius 2 is 1.83 bits per heavy atom. The first-order valence-corrected chi connectivity index (χ1v) is 9.78. The van der Waals surface area contributed by atoms with E-state index in [-0.39, 0.29) is 17.9 Å². The van der Waals surface area contributed by atoms with Gasteiger partial charge < -0.3 is 4.74 Å². The van der Waals surface area contributed by atoms with Gasteiger partial charge in [0.1, 0.15) is 5.75 Å². The summed E-state index contributed by atoms with van der Waals surface area (Å²) in [7, 11) is 0. The summed E-state index contributed by atoms with van der Waals surface area (Å²) in [5, 5.41) is 12.7. The Kier molecular flexibility index (Phi) is 6.45. The lowest BCUT2D eigenvalue weighted by molar-refractivity contribution is -0.384. The van der Waals surface area contributed by atoms with Crippen LogP contribution in [0.3, 0.4) is 0 Å². The van der Waals surface area contributed by atoms with Gasteiger partial charge in [0.2, 0.25) is 0 Å². The molecule has 10 heteroatoms. The topological polar surface area (TPSA) is 111 Å². The fourth-order valence-electron chi connectivity index (χ4n) is 2.49. The Morgan fingerprint density at radius 1 is 1.03 bits per heavy atom. The number of hydrogen-bond donors (Lipinski definition) is 2. The molecule has 0 fully saturated rings. The fraction of sp³-hybridized carbons (Fsp3) is 0.0526. The Labute approximate surface area is 181 Å². The van der Waals surface area contributed by atoms with Gasteiger partial charge in [0.25, 0.3) is 17.5 Å². The van der Waals surface area contributed by atoms with Crippen LogP contribution in [0.1, 0.15) is 10.4 Å². The van der Waals surface area contributed by atoms with Crippen LogP contribution in [0.25, 0.3) is 10.8 Å². The van der Waals surface area contributed by atoms with Crippen molar-refractivity contribution >= 4 is 60.1 Å². The standard InChI is InChI=1S/C19H13Br2N3O5/c20-13-5-6-15-11(8-13)4-7-16(18(15)21)29-10-17(25)22-23-19(26)12-2-1-3-14(9-12)24(27)28/h1-9H,10H2,(H,22,25)(H,23,26). The molecule has 0 aliphatic carbocycles. The summed E-state index contributed by atoms with van der Waals surface area (Å²) in [6.45, 7) is -0.337. The number of nitro benzene ring substituents is 1. The molecule has 3 aromatic carbocycles. The minimum absolute atomic E-state index is 0.0452. The third-order valence-corrected chi connectivity index (χ3v) is 5.19. The average Bonchev–Trinajstić information content (AvgIpc) is 2.71. The van der Waals surface area contributed by atoms with Crippen LogP contribution in [0.4, 0.5) is 5.69 Å². The van der Waals surface area contributed by atoms with Crippen molar-refractivity contribution in [3.8, 4) is 5.75 Å². The van der Waals surface area contributed by atoms with Crippen LogP contribution in [0.5, 0.6) is 5.75 Å².